The number of sulfone groups is 2. The second-order valence-corrected chi connectivity index (χ2v) is 12.3. The van der Waals surface area contributed by atoms with Crippen LogP contribution in [-0.4, -0.2) is 49.8 Å². The first-order valence-corrected chi connectivity index (χ1v) is 14.8. The van der Waals surface area contributed by atoms with Crippen molar-refractivity contribution in [3.63, 3.8) is 0 Å². The van der Waals surface area contributed by atoms with Gasteiger partial charge < -0.3 is 4.40 Å². The van der Waals surface area contributed by atoms with Gasteiger partial charge in [0.25, 0.3) is 5.91 Å². The van der Waals surface area contributed by atoms with Crippen molar-refractivity contribution in [3.8, 4) is 0 Å². The van der Waals surface area contributed by atoms with Gasteiger partial charge in [0.15, 0.2) is 19.7 Å². The van der Waals surface area contributed by atoms with Crippen molar-refractivity contribution in [2.45, 2.75) is 36.5 Å². The second kappa shape index (κ2) is 10.2. The standard InChI is InChI=1S/C25H26N4O5S2/c1-3-15-35(31,32)23-21-20-8-6-5-7-19(20)11-14-29(21)22(24(23)36(33,34)16-4-2)25(30)28-27-17-18-9-12-26-13-10-18/h5-14,17H,3-4,15-16H2,1-2H3,(H,28,30). The van der Waals surface area contributed by atoms with Gasteiger partial charge in [-0.05, 0) is 42.0 Å². The topological polar surface area (TPSA) is 127 Å². The van der Waals surface area contributed by atoms with E-state index in [1.54, 1.807) is 68.7 Å². The first kappa shape index (κ1) is 25.5. The SMILES string of the molecule is CCCS(=O)(=O)c1c(S(=O)(=O)CCC)c2c3ccccc3ccn2c1C(=O)NN=Cc1ccncc1. The lowest BCUT2D eigenvalue weighted by atomic mass is 10.1. The van der Waals surface area contributed by atoms with Crippen molar-refractivity contribution in [2.75, 3.05) is 11.5 Å². The van der Waals surface area contributed by atoms with Crippen LogP contribution in [0.1, 0.15) is 42.7 Å². The minimum absolute atomic E-state index is 0.166. The smallest absolute Gasteiger partial charge is 0.289 e. The Balaban J connectivity index is 2.05. The van der Waals surface area contributed by atoms with E-state index in [-0.39, 0.29) is 40.5 Å². The average molecular weight is 527 g/mol. The molecule has 3 heterocycles. The fraction of sp³-hybridized carbons (Fsp3) is 0.240. The van der Waals surface area contributed by atoms with Gasteiger partial charge in [-0.25, -0.2) is 22.3 Å². The molecule has 0 fully saturated rings. The van der Waals surface area contributed by atoms with Crippen molar-refractivity contribution >= 4 is 48.1 Å². The highest BCUT2D eigenvalue weighted by molar-refractivity contribution is 7.94. The van der Waals surface area contributed by atoms with Crippen molar-refractivity contribution in [1.82, 2.24) is 14.8 Å². The molecule has 4 rings (SSSR count). The third kappa shape index (κ3) is 4.76. The Morgan fingerprint density at radius 1 is 0.944 bits per heavy atom. The molecule has 1 N–H and O–H groups in total. The number of amides is 1. The number of nitrogens with one attached hydrogen (secondary N) is 1. The quantitative estimate of drug-likeness (QED) is 0.262. The summed E-state index contributed by atoms with van der Waals surface area (Å²) in [5.74, 6) is -1.40. The third-order valence-electron chi connectivity index (χ3n) is 5.61. The van der Waals surface area contributed by atoms with Crippen LogP contribution in [0.15, 0.2) is 75.9 Å². The minimum Gasteiger partial charge on any atom is -0.309 e. The predicted molar refractivity (Wildman–Crippen MR) is 139 cm³/mol. The van der Waals surface area contributed by atoms with E-state index in [2.05, 4.69) is 15.5 Å². The summed E-state index contributed by atoms with van der Waals surface area (Å²) < 4.78 is 55.5. The van der Waals surface area contributed by atoms with Crippen LogP contribution in [0, 0.1) is 0 Å². The number of carbonyl (C=O) groups excluding carboxylic acids is 1. The molecule has 0 saturated heterocycles. The summed E-state index contributed by atoms with van der Waals surface area (Å²) >= 11 is 0. The molecular weight excluding hydrogens is 500 g/mol. The number of carbonyl (C=O) groups is 1. The summed E-state index contributed by atoms with van der Waals surface area (Å²) in [5, 5.41) is 5.20. The van der Waals surface area contributed by atoms with Gasteiger partial charge in [0.05, 0.1) is 23.2 Å². The number of hydrazone groups is 1. The summed E-state index contributed by atoms with van der Waals surface area (Å²) in [5.41, 5.74) is 2.92. The average Bonchev–Trinajstić information content (AvgIpc) is 3.22. The zero-order chi connectivity index (χ0) is 25.9. The molecule has 36 heavy (non-hydrogen) atoms. The number of hydrogen-bond donors (Lipinski definition) is 1. The molecule has 1 amide bonds. The van der Waals surface area contributed by atoms with Gasteiger partial charge in [0.1, 0.15) is 15.5 Å². The lowest BCUT2D eigenvalue weighted by molar-refractivity contribution is 0.0945. The maximum absolute atomic E-state index is 13.6. The van der Waals surface area contributed by atoms with E-state index in [1.807, 2.05) is 0 Å². The molecule has 1 aromatic carbocycles. The first-order chi connectivity index (χ1) is 17.2. The Morgan fingerprint density at radius 3 is 2.25 bits per heavy atom. The zero-order valence-electron chi connectivity index (χ0n) is 19.9. The Labute approximate surface area is 209 Å². The highest BCUT2D eigenvalue weighted by Crippen LogP contribution is 2.37. The molecule has 0 aliphatic heterocycles. The van der Waals surface area contributed by atoms with E-state index in [1.165, 1.54) is 16.8 Å². The van der Waals surface area contributed by atoms with Gasteiger partial charge in [0, 0.05) is 24.0 Å². The number of pyridine rings is 2. The van der Waals surface area contributed by atoms with Gasteiger partial charge in [-0.1, -0.05) is 38.1 Å². The van der Waals surface area contributed by atoms with Crippen LogP contribution in [0.25, 0.3) is 16.3 Å². The summed E-state index contributed by atoms with van der Waals surface area (Å²) in [4.78, 5) is 16.5. The largest absolute Gasteiger partial charge is 0.309 e. The Hall–Kier alpha value is -3.57. The summed E-state index contributed by atoms with van der Waals surface area (Å²) in [6, 6.07) is 12.1. The van der Waals surface area contributed by atoms with Crippen LogP contribution < -0.4 is 5.43 Å². The molecule has 0 radical (unpaired) electrons. The van der Waals surface area contributed by atoms with Crippen LogP contribution >= 0.6 is 0 Å². The molecule has 0 aliphatic rings. The van der Waals surface area contributed by atoms with Crippen molar-refractivity contribution in [1.29, 1.82) is 0 Å². The number of rotatable bonds is 9. The fourth-order valence-electron chi connectivity index (χ4n) is 4.16. The first-order valence-electron chi connectivity index (χ1n) is 11.5. The Kier molecular flexibility index (Phi) is 7.23. The highest BCUT2D eigenvalue weighted by Gasteiger charge is 2.37. The van der Waals surface area contributed by atoms with E-state index in [9.17, 15) is 21.6 Å². The Morgan fingerprint density at radius 2 is 1.58 bits per heavy atom. The molecule has 0 bridgehead atoms. The lowest BCUT2D eigenvalue weighted by Crippen LogP contribution is -2.23. The summed E-state index contributed by atoms with van der Waals surface area (Å²) in [6.07, 6.45) is 6.58. The molecule has 3 aromatic heterocycles. The molecule has 0 atom stereocenters. The van der Waals surface area contributed by atoms with E-state index in [0.717, 1.165) is 5.39 Å². The highest BCUT2D eigenvalue weighted by atomic mass is 32.2. The number of aromatic nitrogens is 2. The second-order valence-electron chi connectivity index (χ2n) is 8.25. The van der Waals surface area contributed by atoms with Gasteiger partial charge >= 0.3 is 0 Å². The van der Waals surface area contributed by atoms with E-state index in [0.29, 0.717) is 10.9 Å². The van der Waals surface area contributed by atoms with Crippen molar-refractivity contribution in [2.24, 2.45) is 5.10 Å². The van der Waals surface area contributed by atoms with E-state index in [4.69, 9.17) is 0 Å². The van der Waals surface area contributed by atoms with E-state index < -0.39 is 30.5 Å². The van der Waals surface area contributed by atoms with Crippen molar-refractivity contribution in [3.05, 3.63) is 72.3 Å². The zero-order valence-corrected chi connectivity index (χ0v) is 21.5. The maximum atomic E-state index is 13.6. The minimum atomic E-state index is -4.15. The van der Waals surface area contributed by atoms with E-state index >= 15 is 0 Å². The van der Waals surface area contributed by atoms with Gasteiger partial charge in [-0.3, -0.25) is 9.78 Å². The summed E-state index contributed by atoms with van der Waals surface area (Å²) in [6.45, 7) is 3.39. The number of fused-ring (bicyclic) bond motifs is 3. The predicted octanol–water partition coefficient (Wildman–Crippen LogP) is 3.62. The number of hydrogen-bond acceptors (Lipinski definition) is 7. The van der Waals surface area contributed by atoms with Gasteiger partial charge in [-0.2, -0.15) is 5.10 Å². The van der Waals surface area contributed by atoms with Crippen LogP contribution in [0.5, 0.6) is 0 Å². The summed E-state index contributed by atoms with van der Waals surface area (Å²) in [7, 11) is -8.21. The molecule has 11 heteroatoms. The van der Waals surface area contributed by atoms with Gasteiger partial charge in [0.2, 0.25) is 0 Å². The van der Waals surface area contributed by atoms with Gasteiger partial charge in [-0.15, -0.1) is 0 Å². The van der Waals surface area contributed by atoms with Crippen LogP contribution in [-0.2, 0) is 19.7 Å². The molecule has 4 aromatic rings. The molecule has 0 saturated carbocycles. The number of benzene rings is 1. The maximum Gasteiger partial charge on any atom is 0.289 e. The van der Waals surface area contributed by atoms with Crippen molar-refractivity contribution < 1.29 is 21.6 Å². The molecule has 0 unspecified atom stereocenters. The van der Waals surface area contributed by atoms with Crippen LogP contribution in [0.4, 0.5) is 0 Å². The number of nitrogens with zero attached hydrogens (tertiary/aromatic N) is 3. The van der Waals surface area contributed by atoms with Crippen LogP contribution in [0.2, 0.25) is 0 Å². The third-order valence-corrected chi connectivity index (χ3v) is 9.67. The molecule has 9 nitrogen and oxygen atoms in total. The molecular formula is C25H26N4O5S2. The fourth-order valence-corrected chi connectivity index (χ4v) is 8.15. The molecule has 0 aliphatic carbocycles. The lowest BCUT2D eigenvalue weighted by Gasteiger charge is -2.09. The monoisotopic (exact) mass is 526 g/mol. The molecule has 0 spiro atoms. The van der Waals surface area contributed by atoms with Crippen LogP contribution in [0.3, 0.4) is 0 Å². The molecule has 188 valence electrons. The normalized spacial score (nSPS) is 12.5. The Bertz CT molecular complexity index is 1680.